The standard InChI is InChI=1S/C19H21FN2O3/c1-13-9-15(10-18(23)21-13)19(24)22(12-17-3-2-8-25-17)11-14-4-6-16(20)7-5-14/h4-7,9-10,17H,2-3,8,11-12H2,1H3,(H,21,23)/t17-/m0/s1. The zero-order valence-electron chi connectivity index (χ0n) is 14.1. The van der Waals surface area contributed by atoms with E-state index in [1.165, 1.54) is 18.2 Å². The van der Waals surface area contributed by atoms with E-state index >= 15 is 0 Å². The van der Waals surface area contributed by atoms with Crippen molar-refractivity contribution in [2.75, 3.05) is 13.2 Å². The molecular weight excluding hydrogens is 323 g/mol. The fraction of sp³-hybridized carbons (Fsp3) is 0.368. The lowest BCUT2D eigenvalue weighted by Crippen LogP contribution is -2.37. The first-order valence-electron chi connectivity index (χ1n) is 8.37. The molecule has 0 unspecified atom stereocenters. The summed E-state index contributed by atoms with van der Waals surface area (Å²) in [6.07, 6.45) is 1.88. The van der Waals surface area contributed by atoms with Crippen LogP contribution in [-0.4, -0.2) is 35.0 Å². The Hall–Kier alpha value is -2.47. The molecule has 5 nitrogen and oxygen atoms in total. The minimum absolute atomic E-state index is 0.00695. The van der Waals surface area contributed by atoms with E-state index in [2.05, 4.69) is 4.98 Å². The lowest BCUT2D eigenvalue weighted by molar-refractivity contribution is 0.0507. The van der Waals surface area contributed by atoms with Crippen molar-refractivity contribution in [2.45, 2.75) is 32.4 Å². The Labute approximate surface area is 145 Å². The van der Waals surface area contributed by atoms with E-state index < -0.39 is 0 Å². The molecule has 0 radical (unpaired) electrons. The Morgan fingerprint density at radius 3 is 2.72 bits per heavy atom. The van der Waals surface area contributed by atoms with Crippen LogP contribution in [0.5, 0.6) is 0 Å². The summed E-state index contributed by atoms with van der Waals surface area (Å²) in [5.41, 5.74) is 1.51. The molecule has 6 heteroatoms. The number of aromatic amines is 1. The summed E-state index contributed by atoms with van der Waals surface area (Å²) < 4.78 is 18.8. The molecule has 1 N–H and O–H groups in total. The monoisotopic (exact) mass is 344 g/mol. The minimum atomic E-state index is -0.314. The Kier molecular flexibility index (Phi) is 5.28. The van der Waals surface area contributed by atoms with Gasteiger partial charge in [-0.05, 0) is 43.5 Å². The molecule has 132 valence electrons. The van der Waals surface area contributed by atoms with Gasteiger partial charge in [0.15, 0.2) is 0 Å². The molecule has 3 rings (SSSR count). The lowest BCUT2D eigenvalue weighted by Gasteiger charge is -2.26. The number of amides is 1. The van der Waals surface area contributed by atoms with Crippen molar-refractivity contribution in [3.05, 3.63) is 69.4 Å². The van der Waals surface area contributed by atoms with Gasteiger partial charge in [0.2, 0.25) is 5.56 Å². The molecule has 0 spiro atoms. The Bertz CT molecular complexity index is 795. The van der Waals surface area contributed by atoms with E-state index in [1.54, 1.807) is 30.0 Å². The average molecular weight is 344 g/mol. The first-order chi connectivity index (χ1) is 12.0. The second-order valence-corrected chi connectivity index (χ2v) is 6.36. The smallest absolute Gasteiger partial charge is 0.254 e. The fourth-order valence-electron chi connectivity index (χ4n) is 3.05. The highest BCUT2D eigenvalue weighted by Gasteiger charge is 2.24. The number of hydrogen-bond acceptors (Lipinski definition) is 3. The number of nitrogens with zero attached hydrogens (tertiary/aromatic N) is 1. The molecule has 1 fully saturated rings. The minimum Gasteiger partial charge on any atom is -0.376 e. The number of H-pyrrole nitrogens is 1. The second kappa shape index (κ2) is 7.61. The number of pyridine rings is 1. The molecule has 1 aliphatic heterocycles. The van der Waals surface area contributed by atoms with E-state index in [1.807, 2.05) is 0 Å². The van der Waals surface area contributed by atoms with Crippen LogP contribution >= 0.6 is 0 Å². The van der Waals surface area contributed by atoms with Crippen molar-refractivity contribution in [3.8, 4) is 0 Å². The quantitative estimate of drug-likeness (QED) is 0.907. The zero-order valence-corrected chi connectivity index (χ0v) is 14.1. The third-order valence-corrected chi connectivity index (χ3v) is 4.25. The van der Waals surface area contributed by atoms with Gasteiger partial charge in [0, 0.05) is 37.0 Å². The van der Waals surface area contributed by atoms with E-state index in [0.717, 1.165) is 18.4 Å². The van der Waals surface area contributed by atoms with E-state index in [4.69, 9.17) is 4.74 Å². The van der Waals surface area contributed by atoms with Gasteiger partial charge in [0.1, 0.15) is 5.82 Å². The van der Waals surface area contributed by atoms with Gasteiger partial charge in [-0.2, -0.15) is 0 Å². The molecular formula is C19H21FN2O3. The van der Waals surface area contributed by atoms with Crippen LogP contribution in [-0.2, 0) is 11.3 Å². The van der Waals surface area contributed by atoms with Crippen LogP contribution in [0.25, 0.3) is 0 Å². The number of nitrogens with one attached hydrogen (secondary N) is 1. The molecule has 0 bridgehead atoms. The van der Waals surface area contributed by atoms with Crippen LogP contribution < -0.4 is 5.56 Å². The summed E-state index contributed by atoms with van der Waals surface area (Å²) in [6, 6.07) is 9.05. The van der Waals surface area contributed by atoms with Crippen molar-refractivity contribution in [1.82, 2.24) is 9.88 Å². The summed E-state index contributed by atoms with van der Waals surface area (Å²) in [6.45, 7) is 3.23. The predicted octanol–water partition coefficient (Wildman–Crippen LogP) is 2.64. The molecule has 0 saturated carbocycles. The molecule has 1 saturated heterocycles. The van der Waals surface area contributed by atoms with Gasteiger partial charge in [0.05, 0.1) is 6.10 Å². The number of halogens is 1. The fourth-order valence-corrected chi connectivity index (χ4v) is 3.05. The van der Waals surface area contributed by atoms with Crippen LogP contribution in [0, 0.1) is 12.7 Å². The van der Waals surface area contributed by atoms with Gasteiger partial charge in [-0.15, -0.1) is 0 Å². The normalized spacial score (nSPS) is 16.8. The third-order valence-electron chi connectivity index (χ3n) is 4.25. The highest BCUT2D eigenvalue weighted by atomic mass is 19.1. The van der Waals surface area contributed by atoms with E-state index in [-0.39, 0.29) is 23.4 Å². The topological polar surface area (TPSA) is 62.4 Å². The van der Waals surface area contributed by atoms with Gasteiger partial charge < -0.3 is 14.6 Å². The van der Waals surface area contributed by atoms with E-state index in [9.17, 15) is 14.0 Å². The molecule has 2 heterocycles. The van der Waals surface area contributed by atoms with Gasteiger partial charge in [0.25, 0.3) is 5.91 Å². The SMILES string of the molecule is Cc1cc(C(=O)N(Cc2ccc(F)cc2)C[C@@H]2CCCO2)cc(=O)[nH]1. The van der Waals surface area contributed by atoms with Crippen LogP contribution in [0.4, 0.5) is 4.39 Å². The Balaban J connectivity index is 1.84. The summed E-state index contributed by atoms with van der Waals surface area (Å²) >= 11 is 0. The predicted molar refractivity (Wildman–Crippen MR) is 91.9 cm³/mol. The number of rotatable bonds is 5. The maximum Gasteiger partial charge on any atom is 0.254 e. The van der Waals surface area contributed by atoms with Crippen molar-refractivity contribution in [3.63, 3.8) is 0 Å². The van der Waals surface area contributed by atoms with Crippen LogP contribution in [0.2, 0.25) is 0 Å². The summed E-state index contributed by atoms with van der Waals surface area (Å²) in [7, 11) is 0. The van der Waals surface area contributed by atoms with Crippen molar-refractivity contribution >= 4 is 5.91 Å². The number of carbonyl (C=O) groups is 1. The summed E-state index contributed by atoms with van der Waals surface area (Å²) in [5, 5.41) is 0. The van der Waals surface area contributed by atoms with Crippen LogP contribution in [0.3, 0.4) is 0 Å². The number of hydrogen-bond donors (Lipinski definition) is 1. The molecule has 1 aromatic carbocycles. The third kappa shape index (κ3) is 4.54. The van der Waals surface area contributed by atoms with Gasteiger partial charge in [-0.1, -0.05) is 12.1 Å². The summed E-state index contributed by atoms with van der Waals surface area (Å²) in [4.78, 5) is 28.9. The number of aryl methyl sites for hydroxylation is 1. The van der Waals surface area contributed by atoms with Gasteiger partial charge in [-0.3, -0.25) is 9.59 Å². The van der Waals surface area contributed by atoms with Crippen molar-refractivity contribution < 1.29 is 13.9 Å². The van der Waals surface area contributed by atoms with Gasteiger partial charge in [-0.25, -0.2) is 4.39 Å². The maximum absolute atomic E-state index is 13.1. The molecule has 1 aliphatic rings. The van der Waals surface area contributed by atoms with E-state index in [0.29, 0.717) is 31.0 Å². The number of benzene rings is 1. The Morgan fingerprint density at radius 2 is 2.08 bits per heavy atom. The zero-order chi connectivity index (χ0) is 17.8. The molecule has 1 amide bonds. The van der Waals surface area contributed by atoms with Crippen LogP contribution in [0.1, 0.15) is 34.5 Å². The van der Waals surface area contributed by atoms with Crippen LogP contribution in [0.15, 0.2) is 41.2 Å². The Morgan fingerprint density at radius 1 is 1.32 bits per heavy atom. The largest absolute Gasteiger partial charge is 0.376 e. The highest BCUT2D eigenvalue weighted by molar-refractivity contribution is 5.94. The maximum atomic E-state index is 13.1. The summed E-state index contributed by atoms with van der Waals surface area (Å²) in [5.74, 6) is -0.542. The molecule has 1 aromatic heterocycles. The number of aromatic nitrogens is 1. The van der Waals surface area contributed by atoms with Crippen molar-refractivity contribution in [2.24, 2.45) is 0 Å². The molecule has 0 aliphatic carbocycles. The molecule has 1 atom stereocenters. The second-order valence-electron chi connectivity index (χ2n) is 6.36. The lowest BCUT2D eigenvalue weighted by atomic mass is 10.1. The van der Waals surface area contributed by atoms with Crippen molar-refractivity contribution in [1.29, 1.82) is 0 Å². The molecule has 2 aromatic rings. The first kappa shape index (κ1) is 17.4. The van der Waals surface area contributed by atoms with Gasteiger partial charge >= 0.3 is 0 Å². The number of carbonyl (C=O) groups excluding carboxylic acids is 1. The number of ether oxygens (including phenoxy) is 1. The molecule has 25 heavy (non-hydrogen) atoms. The average Bonchev–Trinajstić information content (AvgIpc) is 3.08. The highest BCUT2D eigenvalue weighted by Crippen LogP contribution is 2.17. The first-order valence-corrected chi connectivity index (χ1v) is 8.37.